The summed E-state index contributed by atoms with van der Waals surface area (Å²) in [7, 11) is 3.16. The van der Waals surface area contributed by atoms with Crippen LogP contribution in [0.5, 0.6) is 23.0 Å². The van der Waals surface area contributed by atoms with Crippen LogP contribution in [0.2, 0.25) is 0 Å². The van der Waals surface area contributed by atoms with Crippen molar-refractivity contribution in [2.75, 3.05) is 14.2 Å². The molecule has 0 atom stereocenters. The first-order valence-electron chi connectivity index (χ1n) is 5.77. The Morgan fingerprint density at radius 2 is 1.50 bits per heavy atom. The van der Waals surface area contributed by atoms with Gasteiger partial charge < -0.3 is 14.2 Å². The number of rotatable bonds is 4. The minimum atomic E-state index is 0.556. The normalized spacial score (nSPS) is 9.70. The van der Waals surface area contributed by atoms with Gasteiger partial charge in [0.2, 0.25) is 0 Å². The molecule has 102 valence electrons. The molecule has 0 saturated carbocycles. The monoisotopic (exact) mass is 333 g/mol. The van der Waals surface area contributed by atoms with Crippen molar-refractivity contribution in [1.82, 2.24) is 0 Å². The van der Waals surface area contributed by atoms with E-state index in [1.807, 2.05) is 0 Å². The fourth-order valence-corrected chi connectivity index (χ4v) is 2.07. The van der Waals surface area contributed by atoms with Gasteiger partial charge in [0, 0.05) is 22.7 Å². The fourth-order valence-electron chi connectivity index (χ4n) is 1.63. The van der Waals surface area contributed by atoms with Gasteiger partial charge in [0.25, 0.3) is 0 Å². The predicted octanol–water partition coefficient (Wildman–Crippen LogP) is 4.13. The van der Waals surface area contributed by atoms with Crippen molar-refractivity contribution in [3.05, 3.63) is 46.4 Å². The van der Waals surface area contributed by atoms with E-state index in [-0.39, 0.29) is 0 Å². The first-order valence-corrected chi connectivity index (χ1v) is 6.56. The number of methoxy groups -OCH3 is 2. The third-order valence-corrected chi connectivity index (χ3v) is 3.28. The highest BCUT2D eigenvalue weighted by Crippen LogP contribution is 2.32. The van der Waals surface area contributed by atoms with Crippen LogP contribution in [0.4, 0.5) is 0 Å². The van der Waals surface area contributed by atoms with Crippen LogP contribution in [-0.4, -0.2) is 14.2 Å². The molecule has 0 spiro atoms. The molecule has 0 saturated heterocycles. The second-order valence-corrected chi connectivity index (χ2v) is 4.76. The maximum atomic E-state index is 8.88. The van der Waals surface area contributed by atoms with Crippen LogP contribution in [0.15, 0.2) is 40.9 Å². The molecule has 0 bridgehead atoms. The zero-order valence-electron chi connectivity index (χ0n) is 11.0. The van der Waals surface area contributed by atoms with E-state index in [1.165, 1.54) is 0 Å². The highest BCUT2D eigenvalue weighted by Gasteiger charge is 2.06. The molecule has 0 amide bonds. The molecule has 0 heterocycles. The Hall–Kier alpha value is -2.19. The van der Waals surface area contributed by atoms with Gasteiger partial charge >= 0.3 is 0 Å². The second kappa shape index (κ2) is 6.31. The molecule has 2 rings (SSSR count). The standard InChI is InChI=1S/C15H12BrNO3/c1-18-12-5-13(19-2)7-14(6-12)20-11-4-3-10(9-17)15(16)8-11/h3-8H,1-2H3. The van der Waals surface area contributed by atoms with Gasteiger partial charge in [0.05, 0.1) is 19.8 Å². The third-order valence-electron chi connectivity index (χ3n) is 2.62. The lowest BCUT2D eigenvalue weighted by Crippen LogP contribution is -1.90. The van der Waals surface area contributed by atoms with Crippen LogP contribution >= 0.6 is 15.9 Å². The SMILES string of the molecule is COc1cc(OC)cc(Oc2ccc(C#N)c(Br)c2)c1. The highest BCUT2D eigenvalue weighted by molar-refractivity contribution is 9.10. The van der Waals surface area contributed by atoms with Crippen LogP contribution in [0, 0.1) is 11.3 Å². The maximum absolute atomic E-state index is 8.88. The van der Waals surface area contributed by atoms with Crippen molar-refractivity contribution in [1.29, 1.82) is 5.26 Å². The predicted molar refractivity (Wildman–Crippen MR) is 78.5 cm³/mol. The van der Waals surface area contributed by atoms with Crippen LogP contribution in [0.1, 0.15) is 5.56 Å². The largest absolute Gasteiger partial charge is 0.496 e. The number of hydrogen-bond acceptors (Lipinski definition) is 4. The Kier molecular flexibility index (Phi) is 4.49. The van der Waals surface area contributed by atoms with Crippen molar-refractivity contribution >= 4 is 15.9 Å². The zero-order chi connectivity index (χ0) is 14.5. The summed E-state index contributed by atoms with van der Waals surface area (Å²) < 4.78 is 16.8. The summed E-state index contributed by atoms with van der Waals surface area (Å²) in [4.78, 5) is 0. The van der Waals surface area contributed by atoms with Gasteiger partial charge in [-0.2, -0.15) is 5.26 Å². The molecule has 0 aromatic heterocycles. The van der Waals surface area contributed by atoms with Gasteiger partial charge in [0.1, 0.15) is 29.1 Å². The first-order chi connectivity index (χ1) is 9.66. The van der Waals surface area contributed by atoms with E-state index in [1.54, 1.807) is 50.6 Å². The van der Waals surface area contributed by atoms with Gasteiger partial charge in [-0.25, -0.2) is 0 Å². The number of halogens is 1. The minimum Gasteiger partial charge on any atom is -0.496 e. The Morgan fingerprint density at radius 3 is 2.00 bits per heavy atom. The van der Waals surface area contributed by atoms with E-state index < -0.39 is 0 Å². The number of hydrogen-bond donors (Lipinski definition) is 0. The number of nitrogens with zero attached hydrogens (tertiary/aromatic N) is 1. The minimum absolute atomic E-state index is 0.556. The molecule has 2 aromatic rings. The first kappa shape index (κ1) is 14.2. The molecule has 0 N–H and O–H groups in total. The van der Waals surface area contributed by atoms with E-state index >= 15 is 0 Å². The Bertz CT molecular complexity index is 642. The summed E-state index contributed by atoms with van der Waals surface area (Å²) in [5.41, 5.74) is 0.556. The molecule has 0 radical (unpaired) electrons. The fraction of sp³-hybridized carbons (Fsp3) is 0.133. The summed E-state index contributed by atoms with van der Waals surface area (Å²) in [5, 5.41) is 8.88. The molecule has 0 aliphatic heterocycles. The van der Waals surface area contributed by atoms with Gasteiger partial charge in [-0.15, -0.1) is 0 Å². The summed E-state index contributed by atoms with van der Waals surface area (Å²) >= 11 is 3.33. The van der Waals surface area contributed by atoms with Crippen molar-refractivity contribution < 1.29 is 14.2 Å². The molecule has 0 aliphatic rings. The lowest BCUT2D eigenvalue weighted by molar-refractivity contribution is 0.386. The molecular weight excluding hydrogens is 322 g/mol. The number of ether oxygens (including phenoxy) is 3. The van der Waals surface area contributed by atoms with Crippen molar-refractivity contribution in [2.24, 2.45) is 0 Å². The molecule has 4 nitrogen and oxygen atoms in total. The quantitative estimate of drug-likeness (QED) is 0.844. The Morgan fingerprint density at radius 1 is 0.900 bits per heavy atom. The average Bonchev–Trinajstić information content (AvgIpc) is 2.47. The van der Waals surface area contributed by atoms with Crippen molar-refractivity contribution in [3.8, 4) is 29.1 Å². The molecular formula is C15H12BrNO3. The molecule has 0 unspecified atom stereocenters. The van der Waals surface area contributed by atoms with E-state index in [9.17, 15) is 0 Å². The topological polar surface area (TPSA) is 51.5 Å². The van der Waals surface area contributed by atoms with Crippen LogP contribution in [0.3, 0.4) is 0 Å². The van der Waals surface area contributed by atoms with Crippen LogP contribution < -0.4 is 14.2 Å². The van der Waals surface area contributed by atoms with E-state index in [2.05, 4.69) is 22.0 Å². The maximum Gasteiger partial charge on any atom is 0.134 e. The van der Waals surface area contributed by atoms with Gasteiger partial charge in [-0.1, -0.05) is 0 Å². The molecule has 5 heteroatoms. The van der Waals surface area contributed by atoms with E-state index in [0.29, 0.717) is 33.0 Å². The Balaban J connectivity index is 2.30. The van der Waals surface area contributed by atoms with Gasteiger partial charge in [0.15, 0.2) is 0 Å². The molecule has 2 aromatic carbocycles. The Labute approximate surface area is 125 Å². The molecule has 0 aliphatic carbocycles. The summed E-state index contributed by atoms with van der Waals surface area (Å²) in [6, 6.07) is 12.5. The van der Waals surface area contributed by atoms with Gasteiger partial charge in [-0.05, 0) is 34.1 Å². The summed E-state index contributed by atoms with van der Waals surface area (Å²) in [5.74, 6) is 2.50. The second-order valence-electron chi connectivity index (χ2n) is 3.90. The lowest BCUT2D eigenvalue weighted by atomic mass is 10.2. The van der Waals surface area contributed by atoms with Crippen molar-refractivity contribution in [2.45, 2.75) is 0 Å². The highest BCUT2D eigenvalue weighted by atomic mass is 79.9. The molecule has 0 fully saturated rings. The van der Waals surface area contributed by atoms with Crippen LogP contribution in [-0.2, 0) is 0 Å². The third kappa shape index (κ3) is 3.22. The lowest BCUT2D eigenvalue weighted by Gasteiger charge is -2.10. The molecule has 20 heavy (non-hydrogen) atoms. The van der Waals surface area contributed by atoms with Gasteiger partial charge in [-0.3, -0.25) is 0 Å². The smallest absolute Gasteiger partial charge is 0.134 e. The summed E-state index contributed by atoms with van der Waals surface area (Å²) in [6.07, 6.45) is 0. The zero-order valence-corrected chi connectivity index (χ0v) is 12.6. The summed E-state index contributed by atoms with van der Waals surface area (Å²) in [6.45, 7) is 0. The number of benzene rings is 2. The average molecular weight is 334 g/mol. The van der Waals surface area contributed by atoms with Crippen molar-refractivity contribution in [3.63, 3.8) is 0 Å². The number of nitriles is 1. The van der Waals surface area contributed by atoms with E-state index in [0.717, 1.165) is 0 Å². The van der Waals surface area contributed by atoms with Crippen LogP contribution in [0.25, 0.3) is 0 Å². The van der Waals surface area contributed by atoms with E-state index in [4.69, 9.17) is 19.5 Å².